The predicted molar refractivity (Wildman–Crippen MR) is 73.4 cm³/mol. The number of anilines is 1. The Hall–Kier alpha value is -1.57. The zero-order valence-electron chi connectivity index (χ0n) is 10.9. The maximum Gasteiger partial charge on any atom is 0.0640 e. The number of benzene rings is 1. The number of hydrogen-bond acceptors (Lipinski definition) is 4. The molecule has 4 heteroatoms. The minimum Gasteiger partial charge on any atom is -0.396 e. The van der Waals surface area contributed by atoms with Crippen molar-refractivity contribution in [2.24, 2.45) is 0 Å². The molecule has 0 aliphatic heterocycles. The summed E-state index contributed by atoms with van der Waals surface area (Å²) >= 11 is 0. The molecule has 98 valence electrons. The summed E-state index contributed by atoms with van der Waals surface area (Å²) in [6.07, 6.45) is 1.33. The molecule has 2 N–H and O–H groups in total. The van der Waals surface area contributed by atoms with Crippen LogP contribution in [-0.4, -0.2) is 31.9 Å². The third-order valence-electron chi connectivity index (χ3n) is 2.78. The molecule has 0 spiro atoms. The molecule has 0 aliphatic rings. The predicted octanol–water partition coefficient (Wildman–Crippen LogP) is 1.51. The quantitative estimate of drug-likeness (QED) is 0.684. The Morgan fingerprint density at radius 1 is 1.33 bits per heavy atom. The van der Waals surface area contributed by atoms with E-state index in [1.54, 1.807) is 0 Å². The summed E-state index contributed by atoms with van der Waals surface area (Å²) < 4.78 is 0. The van der Waals surface area contributed by atoms with Gasteiger partial charge in [0.05, 0.1) is 12.5 Å². The standard InChI is InChI=1S/C14H21N3O/c1-17(10-2-8-15)14-6-4-13(5-7-14)12-16-9-3-11-18/h4-7,16,18H,2-3,9-12H2,1H3. The first-order valence-electron chi connectivity index (χ1n) is 6.26. The molecule has 0 bridgehead atoms. The van der Waals surface area contributed by atoms with Crippen molar-refractivity contribution in [2.75, 3.05) is 31.6 Å². The van der Waals surface area contributed by atoms with Crippen LogP contribution >= 0.6 is 0 Å². The fraction of sp³-hybridized carbons (Fsp3) is 0.500. The summed E-state index contributed by atoms with van der Waals surface area (Å²) in [4.78, 5) is 2.08. The molecule has 1 rings (SSSR count). The van der Waals surface area contributed by atoms with Gasteiger partial charge in [0.1, 0.15) is 0 Å². The van der Waals surface area contributed by atoms with Crippen molar-refractivity contribution >= 4 is 5.69 Å². The van der Waals surface area contributed by atoms with E-state index >= 15 is 0 Å². The van der Waals surface area contributed by atoms with Crippen LogP contribution in [0.1, 0.15) is 18.4 Å². The van der Waals surface area contributed by atoms with Crippen LogP contribution in [0.2, 0.25) is 0 Å². The Morgan fingerprint density at radius 2 is 2.06 bits per heavy atom. The first kappa shape index (κ1) is 14.5. The number of rotatable bonds is 8. The number of aliphatic hydroxyl groups is 1. The second-order valence-corrected chi connectivity index (χ2v) is 4.25. The second kappa shape index (κ2) is 8.51. The molecule has 0 amide bonds. The average Bonchev–Trinajstić information content (AvgIpc) is 2.41. The van der Waals surface area contributed by atoms with Gasteiger partial charge in [0.25, 0.3) is 0 Å². The van der Waals surface area contributed by atoms with Crippen LogP contribution in [0, 0.1) is 11.3 Å². The number of nitrogens with zero attached hydrogens (tertiary/aromatic N) is 2. The van der Waals surface area contributed by atoms with Gasteiger partial charge in [-0.3, -0.25) is 0 Å². The summed E-state index contributed by atoms with van der Waals surface area (Å²) in [6.45, 7) is 2.64. The van der Waals surface area contributed by atoms with E-state index in [0.29, 0.717) is 6.42 Å². The molecule has 1 aromatic rings. The Balaban J connectivity index is 2.39. The van der Waals surface area contributed by atoms with Gasteiger partial charge in [-0.1, -0.05) is 12.1 Å². The van der Waals surface area contributed by atoms with Gasteiger partial charge in [0, 0.05) is 32.4 Å². The van der Waals surface area contributed by atoms with Gasteiger partial charge in [-0.05, 0) is 30.7 Å². The van der Waals surface area contributed by atoms with E-state index in [2.05, 4.69) is 40.6 Å². The lowest BCUT2D eigenvalue weighted by Crippen LogP contribution is -2.18. The van der Waals surface area contributed by atoms with Gasteiger partial charge >= 0.3 is 0 Å². The average molecular weight is 247 g/mol. The van der Waals surface area contributed by atoms with Crippen LogP contribution in [0.3, 0.4) is 0 Å². The van der Waals surface area contributed by atoms with Crippen molar-refractivity contribution in [1.29, 1.82) is 5.26 Å². The third kappa shape index (κ3) is 5.17. The number of hydrogen-bond donors (Lipinski definition) is 2. The van der Waals surface area contributed by atoms with Crippen molar-refractivity contribution < 1.29 is 5.11 Å². The molecule has 0 fully saturated rings. The molecule has 0 heterocycles. The van der Waals surface area contributed by atoms with E-state index in [1.807, 2.05) is 7.05 Å². The highest BCUT2D eigenvalue weighted by atomic mass is 16.3. The maximum absolute atomic E-state index is 8.66. The lowest BCUT2D eigenvalue weighted by atomic mass is 10.2. The van der Waals surface area contributed by atoms with E-state index in [0.717, 1.165) is 31.7 Å². The van der Waals surface area contributed by atoms with Gasteiger partial charge in [0.15, 0.2) is 0 Å². The first-order valence-corrected chi connectivity index (χ1v) is 6.26. The van der Waals surface area contributed by atoms with Crippen LogP contribution in [0.25, 0.3) is 0 Å². The summed E-state index contributed by atoms with van der Waals surface area (Å²) in [5, 5.41) is 20.5. The molecule has 0 saturated carbocycles. The van der Waals surface area contributed by atoms with Crippen LogP contribution in [0.15, 0.2) is 24.3 Å². The fourth-order valence-electron chi connectivity index (χ4n) is 1.65. The SMILES string of the molecule is CN(CCC#N)c1ccc(CNCCCO)cc1. The molecule has 18 heavy (non-hydrogen) atoms. The summed E-state index contributed by atoms with van der Waals surface area (Å²) in [5.74, 6) is 0. The van der Waals surface area contributed by atoms with Gasteiger partial charge in [0.2, 0.25) is 0 Å². The molecule has 0 aliphatic carbocycles. The Bertz CT molecular complexity index is 370. The van der Waals surface area contributed by atoms with Crippen molar-refractivity contribution in [3.8, 4) is 6.07 Å². The van der Waals surface area contributed by atoms with E-state index < -0.39 is 0 Å². The van der Waals surface area contributed by atoms with Gasteiger partial charge in [-0.25, -0.2) is 0 Å². The molecular weight excluding hydrogens is 226 g/mol. The smallest absolute Gasteiger partial charge is 0.0640 e. The molecule has 4 nitrogen and oxygen atoms in total. The summed E-state index contributed by atoms with van der Waals surface area (Å²) in [5.41, 5.74) is 2.36. The van der Waals surface area contributed by atoms with E-state index in [4.69, 9.17) is 10.4 Å². The van der Waals surface area contributed by atoms with Crippen molar-refractivity contribution in [2.45, 2.75) is 19.4 Å². The minimum absolute atomic E-state index is 0.232. The number of aliphatic hydroxyl groups excluding tert-OH is 1. The van der Waals surface area contributed by atoms with E-state index in [9.17, 15) is 0 Å². The molecule has 0 unspecified atom stereocenters. The largest absolute Gasteiger partial charge is 0.396 e. The van der Waals surface area contributed by atoms with E-state index in [1.165, 1.54) is 5.56 Å². The van der Waals surface area contributed by atoms with E-state index in [-0.39, 0.29) is 6.61 Å². The van der Waals surface area contributed by atoms with Gasteiger partial charge < -0.3 is 15.3 Å². The number of nitriles is 1. The fourth-order valence-corrected chi connectivity index (χ4v) is 1.65. The molecule has 0 aromatic heterocycles. The Morgan fingerprint density at radius 3 is 2.67 bits per heavy atom. The highest BCUT2D eigenvalue weighted by Crippen LogP contribution is 2.13. The topological polar surface area (TPSA) is 59.3 Å². The summed E-state index contributed by atoms with van der Waals surface area (Å²) in [6, 6.07) is 10.5. The van der Waals surface area contributed by atoms with Crippen LogP contribution in [0.5, 0.6) is 0 Å². The molecular formula is C14H21N3O. The van der Waals surface area contributed by atoms with Crippen LogP contribution < -0.4 is 10.2 Å². The normalized spacial score (nSPS) is 10.1. The highest BCUT2D eigenvalue weighted by Gasteiger charge is 2.00. The number of nitrogens with one attached hydrogen (secondary N) is 1. The maximum atomic E-state index is 8.66. The zero-order valence-corrected chi connectivity index (χ0v) is 10.9. The van der Waals surface area contributed by atoms with Crippen LogP contribution in [0.4, 0.5) is 5.69 Å². The van der Waals surface area contributed by atoms with Crippen molar-refractivity contribution in [3.05, 3.63) is 29.8 Å². The van der Waals surface area contributed by atoms with Crippen LogP contribution in [-0.2, 0) is 6.54 Å². The van der Waals surface area contributed by atoms with Crippen molar-refractivity contribution in [1.82, 2.24) is 5.32 Å². The lowest BCUT2D eigenvalue weighted by Gasteiger charge is -2.18. The molecule has 0 radical (unpaired) electrons. The third-order valence-corrected chi connectivity index (χ3v) is 2.78. The second-order valence-electron chi connectivity index (χ2n) is 4.25. The monoisotopic (exact) mass is 247 g/mol. The zero-order chi connectivity index (χ0) is 13.2. The lowest BCUT2D eigenvalue weighted by molar-refractivity contribution is 0.286. The molecule has 0 atom stereocenters. The first-order chi connectivity index (χ1) is 8.77. The molecule has 1 aromatic carbocycles. The summed E-state index contributed by atoms with van der Waals surface area (Å²) in [7, 11) is 1.99. The van der Waals surface area contributed by atoms with Gasteiger partial charge in [-0.15, -0.1) is 0 Å². The minimum atomic E-state index is 0.232. The van der Waals surface area contributed by atoms with Crippen molar-refractivity contribution in [3.63, 3.8) is 0 Å². The highest BCUT2D eigenvalue weighted by molar-refractivity contribution is 5.46. The Kier molecular flexibility index (Phi) is 6.85. The molecule has 0 saturated heterocycles. The Labute approximate surface area is 109 Å². The van der Waals surface area contributed by atoms with Gasteiger partial charge in [-0.2, -0.15) is 5.26 Å².